The Morgan fingerprint density at radius 3 is 2.75 bits per heavy atom. The summed E-state index contributed by atoms with van der Waals surface area (Å²) in [6, 6.07) is 7.17. The van der Waals surface area contributed by atoms with Gasteiger partial charge in [-0.25, -0.2) is 4.79 Å². The highest BCUT2D eigenvalue weighted by molar-refractivity contribution is 7.10. The molecule has 0 fully saturated rings. The Balaban J connectivity index is 3.04. The summed E-state index contributed by atoms with van der Waals surface area (Å²) in [6.07, 6.45) is 0. The molecule has 0 amide bonds. The lowest BCUT2D eigenvalue weighted by atomic mass is 10.2. The fourth-order valence-electron chi connectivity index (χ4n) is 0.943. The van der Waals surface area contributed by atoms with Crippen molar-refractivity contribution >= 4 is 21.1 Å². The van der Waals surface area contributed by atoms with Gasteiger partial charge >= 0.3 is 5.97 Å². The second-order valence-corrected chi connectivity index (χ2v) is 2.44. The van der Waals surface area contributed by atoms with E-state index in [0.29, 0.717) is 5.56 Å². The average molecular weight is 183 g/mol. The molecule has 12 heavy (non-hydrogen) atoms. The first-order valence-electron chi connectivity index (χ1n) is 3.47. The van der Waals surface area contributed by atoms with Crippen LogP contribution in [0.5, 0.6) is 0 Å². The van der Waals surface area contributed by atoms with Gasteiger partial charge in [0, 0.05) is 12.7 Å². The summed E-state index contributed by atoms with van der Waals surface area (Å²) >= 11 is 0. The van der Waals surface area contributed by atoms with Crippen LogP contribution in [-0.4, -0.2) is 13.0 Å². The second-order valence-electron chi connectivity index (χ2n) is 2.20. The van der Waals surface area contributed by atoms with Gasteiger partial charge in [-0.2, -0.15) is 0 Å². The van der Waals surface area contributed by atoms with E-state index in [-0.39, 0.29) is 5.97 Å². The fourth-order valence-corrected chi connectivity index (χ4v) is 1.07. The third kappa shape index (κ3) is 1.74. The molecule has 0 radical (unpaired) electrons. The highest BCUT2D eigenvalue weighted by atomic mass is 31.0. The van der Waals surface area contributed by atoms with Crippen LogP contribution in [0.4, 0.5) is 5.69 Å². The van der Waals surface area contributed by atoms with Crippen molar-refractivity contribution in [3.05, 3.63) is 29.8 Å². The molecule has 0 aliphatic rings. The molecular formula is C8H10NO2P. The number of carbonyl (C=O) groups excluding carboxylic acids is 1. The van der Waals surface area contributed by atoms with Crippen molar-refractivity contribution in [1.82, 2.24) is 0 Å². The van der Waals surface area contributed by atoms with Crippen LogP contribution in [0.2, 0.25) is 0 Å². The van der Waals surface area contributed by atoms with E-state index in [2.05, 4.69) is 9.84 Å². The van der Waals surface area contributed by atoms with Gasteiger partial charge in [-0.15, -0.1) is 0 Å². The molecule has 64 valence electrons. The smallest absolute Gasteiger partial charge is 0.342 e. The standard InChI is InChI=1S/C8H10NO2P/c1-9-7-5-3-2-4-6(7)8(10)11-12/h2-5,9H,12H2,1H3. The third-order valence-corrected chi connectivity index (χ3v) is 1.74. The van der Waals surface area contributed by atoms with Crippen molar-refractivity contribution in [2.45, 2.75) is 0 Å². The van der Waals surface area contributed by atoms with E-state index < -0.39 is 0 Å². The normalized spacial score (nSPS) is 9.17. The highest BCUT2D eigenvalue weighted by Gasteiger charge is 2.08. The predicted octanol–water partition coefficient (Wildman–Crippen LogP) is 1.68. The minimum absolute atomic E-state index is 0.357. The van der Waals surface area contributed by atoms with E-state index in [0.717, 1.165) is 5.69 Å². The maximum Gasteiger partial charge on any atom is 0.342 e. The second kappa shape index (κ2) is 4.07. The molecule has 0 aliphatic heterocycles. The molecule has 1 rings (SSSR count). The van der Waals surface area contributed by atoms with Gasteiger partial charge in [-0.05, 0) is 12.1 Å². The number of anilines is 1. The lowest BCUT2D eigenvalue weighted by Crippen LogP contribution is -2.02. The van der Waals surface area contributed by atoms with Crippen molar-refractivity contribution in [3.63, 3.8) is 0 Å². The van der Waals surface area contributed by atoms with Crippen LogP contribution >= 0.6 is 9.47 Å². The van der Waals surface area contributed by atoms with Gasteiger partial charge in [0.05, 0.1) is 15.0 Å². The zero-order valence-electron chi connectivity index (χ0n) is 6.70. The summed E-state index contributed by atoms with van der Waals surface area (Å²) < 4.78 is 4.52. The van der Waals surface area contributed by atoms with Gasteiger partial charge in [0.1, 0.15) is 0 Å². The Kier molecular flexibility index (Phi) is 3.06. The first kappa shape index (κ1) is 9.01. The van der Waals surface area contributed by atoms with Gasteiger partial charge in [-0.1, -0.05) is 12.1 Å². The van der Waals surface area contributed by atoms with E-state index >= 15 is 0 Å². The number of benzene rings is 1. The quantitative estimate of drug-likeness (QED) is 0.709. The van der Waals surface area contributed by atoms with Gasteiger partial charge in [0.25, 0.3) is 0 Å². The number of carbonyl (C=O) groups is 1. The minimum atomic E-state index is -0.357. The molecule has 0 saturated heterocycles. The maximum absolute atomic E-state index is 11.1. The van der Waals surface area contributed by atoms with Crippen LogP contribution in [0.15, 0.2) is 24.3 Å². The molecule has 0 aliphatic carbocycles. The zero-order valence-corrected chi connectivity index (χ0v) is 7.86. The molecule has 1 unspecified atom stereocenters. The molecule has 0 aromatic heterocycles. The van der Waals surface area contributed by atoms with Crippen LogP contribution in [-0.2, 0) is 4.52 Å². The molecule has 1 atom stereocenters. The van der Waals surface area contributed by atoms with Crippen LogP contribution < -0.4 is 5.32 Å². The molecule has 4 heteroatoms. The summed E-state index contributed by atoms with van der Waals surface area (Å²) in [5.41, 5.74) is 1.31. The van der Waals surface area contributed by atoms with Crippen LogP contribution in [0.25, 0.3) is 0 Å². The molecule has 0 saturated carbocycles. The molecule has 1 aromatic carbocycles. The molecular weight excluding hydrogens is 173 g/mol. The average Bonchev–Trinajstić information content (AvgIpc) is 2.16. The van der Waals surface area contributed by atoms with Crippen molar-refractivity contribution in [3.8, 4) is 0 Å². The monoisotopic (exact) mass is 183 g/mol. The topological polar surface area (TPSA) is 38.3 Å². The van der Waals surface area contributed by atoms with Crippen molar-refractivity contribution < 1.29 is 9.32 Å². The first-order valence-corrected chi connectivity index (χ1v) is 3.94. The highest BCUT2D eigenvalue weighted by Crippen LogP contribution is 2.15. The molecule has 3 nitrogen and oxygen atoms in total. The number of nitrogens with one attached hydrogen (secondary N) is 1. The van der Waals surface area contributed by atoms with Gasteiger partial charge in [0.15, 0.2) is 0 Å². The van der Waals surface area contributed by atoms with E-state index in [1.54, 1.807) is 19.2 Å². The Labute approximate surface area is 73.4 Å². The minimum Gasteiger partial charge on any atom is -0.448 e. The number of hydrogen-bond acceptors (Lipinski definition) is 3. The molecule has 0 bridgehead atoms. The zero-order chi connectivity index (χ0) is 8.97. The number of rotatable bonds is 2. The Morgan fingerprint density at radius 2 is 2.17 bits per heavy atom. The lowest BCUT2D eigenvalue weighted by Gasteiger charge is -2.05. The SMILES string of the molecule is CNc1ccccc1C(=O)OP. The summed E-state index contributed by atoms with van der Waals surface area (Å²) in [7, 11) is 3.69. The summed E-state index contributed by atoms with van der Waals surface area (Å²) in [5, 5.41) is 2.90. The third-order valence-electron chi connectivity index (χ3n) is 1.52. The van der Waals surface area contributed by atoms with Crippen molar-refractivity contribution in [2.24, 2.45) is 0 Å². The summed E-state index contributed by atoms with van der Waals surface area (Å²) in [6.45, 7) is 0. The number of para-hydroxylation sites is 1. The van der Waals surface area contributed by atoms with E-state index in [9.17, 15) is 4.79 Å². The van der Waals surface area contributed by atoms with Gasteiger partial charge in [0.2, 0.25) is 0 Å². The Morgan fingerprint density at radius 1 is 1.50 bits per heavy atom. The van der Waals surface area contributed by atoms with Crippen LogP contribution in [0.1, 0.15) is 10.4 Å². The Hall–Kier alpha value is -1.08. The van der Waals surface area contributed by atoms with E-state index in [4.69, 9.17) is 0 Å². The van der Waals surface area contributed by atoms with E-state index in [1.165, 1.54) is 0 Å². The maximum atomic E-state index is 11.1. The largest absolute Gasteiger partial charge is 0.448 e. The Bertz CT molecular complexity index is 288. The van der Waals surface area contributed by atoms with Crippen molar-refractivity contribution in [1.29, 1.82) is 0 Å². The first-order chi connectivity index (χ1) is 5.79. The van der Waals surface area contributed by atoms with Crippen LogP contribution in [0, 0.1) is 0 Å². The molecule has 1 N–H and O–H groups in total. The van der Waals surface area contributed by atoms with Crippen LogP contribution in [0.3, 0.4) is 0 Å². The lowest BCUT2D eigenvalue weighted by molar-refractivity contribution is 0.0766. The molecule has 0 heterocycles. The van der Waals surface area contributed by atoms with Crippen molar-refractivity contribution in [2.75, 3.05) is 12.4 Å². The fraction of sp³-hybridized carbons (Fsp3) is 0.125. The molecule has 0 spiro atoms. The summed E-state index contributed by atoms with van der Waals surface area (Å²) in [5.74, 6) is -0.357. The van der Waals surface area contributed by atoms with Gasteiger partial charge < -0.3 is 9.84 Å². The van der Waals surface area contributed by atoms with E-state index in [1.807, 2.05) is 21.6 Å². The summed E-state index contributed by atoms with van der Waals surface area (Å²) in [4.78, 5) is 11.1. The van der Waals surface area contributed by atoms with Gasteiger partial charge in [-0.3, -0.25) is 0 Å². The number of hydrogen-bond donors (Lipinski definition) is 1. The predicted molar refractivity (Wildman–Crippen MR) is 51.1 cm³/mol. The molecule has 1 aromatic rings.